The number of nitrogens with one attached hydrogen (secondary N) is 4. The van der Waals surface area contributed by atoms with Crippen molar-refractivity contribution in [2.24, 2.45) is 5.92 Å². The Kier molecular flexibility index (Phi) is 6.68. The maximum atomic E-state index is 12.5. The van der Waals surface area contributed by atoms with E-state index in [1.54, 1.807) is 13.3 Å². The zero-order chi connectivity index (χ0) is 21.5. The van der Waals surface area contributed by atoms with Gasteiger partial charge in [0.05, 0.1) is 25.6 Å². The second-order valence-corrected chi connectivity index (χ2v) is 7.53. The highest BCUT2D eigenvalue weighted by Crippen LogP contribution is 2.31. The van der Waals surface area contributed by atoms with Crippen LogP contribution in [0.4, 0.5) is 10.5 Å². The Balaban J connectivity index is 1.44. The Bertz CT molecular complexity index is 1000. The summed E-state index contributed by atoms with van der Waals surface area (Å²) in [6.07, 6.45) is 4.67. The van der Waals surface area contributed by atoms with Gasteiger partial charge >= 0.3 is 6.03 Å². The topological polar surface area (TPSA) is 100 Å². The molecule has 2 aromatic carbocycles. The monoisotopic (exact) mass is 421 g/mol. The van der Waals surface area contributed by atoms with E-state index in [4.69, 9.17) is 9.47 Å². The number of ether oxygens (including phenoxy) is 2. The molecule has 1 saturated heterocycles. The van der Waals surface area contributed by atoms with Crippen LogP contribution in [0.2, 0.25) is 0 Å². The van der Waals surface area contributed by atoms with E-state index in [2.05, 4.69) is 26.1 Å². The van der Waals surface area contributed by atoms with Gasteiger partial charge in [0, 0.05) is 30.8 Å². The SMILES string of the molecule is COc1cccc(CNC(=O)Nc2ccc(-c3cn[nH]c3)cc2OCC2CCNC2)c1. The van der Waals surface area contributed by atoms with Crippen LogP contribution in [-0.2, 0) is 6.54 Å². The number of urea groups is 1. The lowest BCUT2D eigenvalue weighted by Crippen LogP contribution is -2.28. The molecule has 0 saturated carbocycles. The van der Waals surface area contributed by atoms with E-state index in [0.717, 1.165) is 42.0 Å². The molecule has 0 spiro atoms. The minimum absolute atomic E-state index is 0.300. The first-order valence-electron chi connectivity index (χ1n) is 10.4. The van der Waals surface area contributed by atoms with Gasteiger partial charge in [-0.1, -0.05) is 18.2 Å². The fraction of sp³-hybridized carbons (Fsp3) is 0.304. The third kappa shape index (κ3) is 5.55. The van der Waals surface area contributed by atoms with Crippen LogP contribution < -0.4 is 25.4 Å². The molecule has 0 radical (unpaired) electrons. The van der Waals surface area contributed by atoms with Crippen molar-refractivity contribution in [1.82, 2.24) is 20.8 Å². The van der Waals surface area contributed by atoms with Crippen LogP contribution in [0.5, 0.6) is 11.5 Å². The summed E-state index contributed by atoms with van der Waals surface area (Å²) in [6.45, 7) is 2.95. The molecule has 2 heterocycles. The van der Waals surface area contributed by atoms with Gasteiger partial charge in [0.25, 0.3) is 0 Å². The molecule has 1 aliphatic heterocycles. The Morgan fingerprint density at radius 1 is 1.23 bits per heavy atom. The highest BCUT2D eigenvalue weighted by Gasteiger charge is 2.17. The lowest BCUT2D eigenvalue weighted by atomic mass is 10.1. The number of amides is 2. The quantitative estimate of drug-likeness (QED) is 0.447. The molecule has 8 heteroatoms. The van der Waals surface area contributed by atoms with Gasteiger partial charge in [-0.15, -0.1) is 0 Å². The second-order valence-electron chi connectivity index (χ2n) is 7.53. The lowest BCUT2D eigenvalue weighted by Gasteiger charge is -2.16. The first kappa shape index (κ1) is 20.7. The van der Waals surface area contributed by atoms with Gasteiger partial charge in [-0.3, -0.25) is 5.10 Å². The van der Waals surface area contributed by atoms with E-state index >= 15 is 0 Å². The summed E-state index contributed by atoms with van der Waals surface area (Å²) in [5.41, 5.74) is 3.51. The van der Waals surface area contributed by atoms with Crippen LogP contribution in [-0.4, -0.2) is 43.0 Å². The van der Waals surface area contributed by atoms with Crippen LogP contribution in [0.15, 0.2) is 54.9 Å². The highest BCUT2D eigenvalue weighted by atomic mass is 16.5. The minimum atomic E-state index is -0.300. The van der Waals surface area contributed by atoms with Crippen LogP contribution in [0.1, 0.15) is 12.0 Å². The number of anilines is 1. The number of carbonyl (C=O) groups excluding carboxylic acids is 1. The molecule has 1 atom stereocenters. The first-order valence-corrected chi connectivity index (χ1v) is 10.4. The van der Waals surface area contributed by atoms with Crippen molar-refractivity contribution < 1.29 is 14.3 Å². The fourth-order valence-electron chi connectivity index (χ4n) is 3.53. The molecule has 8 nitrogen and oxygen atoms in total. The predicted octanol–water partition coefficient (Wildman–Crippen LogP) is 3.40. The van der Waals surface area contributed by atoms with Crippen molar-refractivity contribution in [2.45, 2.75) is 13.0 Å². The number of hydrogen-bond acceptors (Lipinski definition) is 5. The van der Waals surface area contributed by atoms with Gasteiger partial charge in [-0.05, 0) is 48.4 Å². The molecule has 0 bridgehead atoms. The summed E-state index contributed by atoms with van der Waals surface area (Å²) in [6, 6.07) is 13.0. The number of rotatable bonds is 8. The van der Waals surface area contributed by atoms with Crippen molar-refractivity contribution in [1.29, 1.82) is 0 Å². The number of carbonyl (C=O) groups is 1. The summed E-state index contributed by atoms with van der Waals surface area (Å²) < 4.78 is 11.4. The van der Waals surface area contributed by atoms with E-state index in [1.165, 1.54) is 0 Å². The van der Waals surface area contributed by atoms with Crippen molar-refractivity contribution in [2.75, 3.05) is 32.1 Å². The number of methoxy groups -OCH3 is 1. The van der Waals surface area contributed by atoms with E-state index in [0.29, 0.717) is 30.5 Å². The van der Waals surface area contributed by atoms with E-state index < -0.39 is 0 Å². The number of aromatic amines is 1. The molecule has 4 rings (SSSR count). The maximum Gasteiger partial charge on any atom is 0.319 e. The molecule has 1 aliphatic rings. The van der Waals surface area contributed by atoms with Crippen LogP contribution in [0, 0.1) is 5.92 Å². The largest absolute Gasteiger partial charge is 0.497 e. The molecule has 2 amide bonds. The number of hydrogen-bond donors (Lipinski definition) is 4. The number of nitrogens with zero attached hydrogens (tertiary/aromatic N) is 1. The molecule has 1 fully saturated rings. The van der Waals surface area contributed by atoms with Gasteiger partial charge < -0.3 is 25.4 Å². The van der Waals surface area contributed by atoms with Crippen molar-refractivity contribution >= 4 is 11.7 Å². The summed E-state index contributed by atoms with van der Waals surface area (Å²) >= 11 is 0. The average Bonchev–Trinajstić information content (AvgIpc) is 3.51. The van der Waals surface area contributed by atoms with Gasteiger partial charge in [0.15, 0.2) is 0 Å². The number of benzene rings is 2. The summed E-state index contributed by atoms with van der Waals surface area (Å²) in [5.74, 6) is 1.86. The van der Waals surface area contributed by atoms with E-state index in [1.807, 2.05) is 48.7 Å². The van der Waals surface area contributed by atoms with Crippen LogP contribution >= 0.6 is 0 Å². The molecule has 31 heavy (non-hydrogen) atoms. The minimum Gasteiger partial charge on any atom is -0.497 e. The van der Waals surface area contributed by atoms with Gasteiger partial charge in [0.1, 0.15) is 11.5 Å². The molecule has 162 valence electrons. The van der Waals surface area contributed by atoms with Crippen molar-refractivity contribution in [3.63, 3.8) is 0 Å². The zero-order valence-electron chi connectivity index (χ0n) is 17.5. The summed E-state index contributed by atoms with van der Waals surface area (Å²) in [4.78, 5) is 12.5. The molecule has 4 N–H and O–H groups in total. The Hall–Kier alpha value is -3.52. The Labute approximate surface area is 181 Å². The van der Waals surface area contributed by atoms with E-state index in [-0.39, 0.29) is 6.03 Å². The number of H-pyrrole nitrogens is 1. The van der Waals surface area contributed by atoms with Crippen molar-refractivity contribution in [3.8, 4) is 22.6 Å². The van der Waals surface area contributed by atoms with E-state index in [9.17, 15) is 4.79 Å². The molecule has 3 aromatic rings. The third-order valence-corrected chi connectivity index (χ3v) is 5.29. The molecule has 1 unspecified atom stereocenters. The first-order chi connectivity index (χ1) is 15.2. The maximum absolute atomic E-state index is 12.5. The molecule has 0 aliphatic carbocycles. The standard InChI is InChI=1S/C23H27N5O3/c1-30-20-4-2-3-16(9-20)12-25-23(29)28-21-6-5-18(19-13-26-27-14-19)10-22(21)31-15-17-7-8-24-11-17/h2-6,9-10,13-14,17,24H,7-8,11-12,15H2,1H3,(H,26,27)(H2,25,28,29). The third-order valence-electron chi connectivity index (χ3n) is 5.29. The normalized spacial score (nSPS) is 15.5. The smallest absolute Gasteiger partial charge is 0.319 e. The summed E-state index contributed by atoms with van der Waals surface area (Å²) in [7, 11) is 1.62. The predicted molar refractivity (Wildman–Crippen MR) is 119 cm³/mol. The van der Waals surface area contributed by atoms with Crippen molar-refractivity contribution in [3.05, 3.63) is 60.4 Å². The average molecular weight is 422 g/mol. The summed E-state index contributed by atoms with van der Waals surface area (Å²) in [5, 5.41) is 16.0. The van der Waals surface area contributed by atoms with Crippen LogP contribution in [0.25, 0.3) is 11.1 Å². The molecular formula is C23H27N5O3. The zero-order valence-corrected chi connectivity index (χ0v) is 17.5. The Morgan fingerprint density at radius 2 is 2.16 bits per heavy atom. The Morgan fingerprint density at radius 3 is 2.94 bits per heavy atom. The van der Waals surface area contributed by atoms with Gasteiger partial charge in [-0.25, -0.2) is 4.79 Å². The van der Waals surface area contributed by atoms with Gasteiger partial charge in [0.2, 0.25) is 0 Å². The second kappa shape index (κ2) is 9.99. The molecule has 1 aromatic heterocycles. The van der Waals surface area contributed by atoms with Gasteiger partial charge in [-0.2, -0.15) is 5.10 Å². The highest BCUT2D eigenvalue weighted by molar-refractivity contribution is 5.91. The fourth-order valence-corrected chi connectivity index (χ4v) is 3.53. The molecular weight excluding hydrogens is 394 g/mol. The lowest BCUT2D eigenvalue weighted by molar-refractivity contribution is 0.250. The van der Waals surface area contributed by atoms with Crippen LogP contribution in [0.3, 0.4) is 0 Å². The number of aromatic nitrogens is 2.